The van der Waals surface area contributed by atoms with Gasteiger partial charge in [-0.25, -0.2) is 0 Å². The van der Waals surface area contributed by atoms with Gasteiger partial charge in [0, 0.05) is 37.8 Å². The van der Waals surface area contributed by atoms with E-state index in [9.17, 15) is 15.0 Å². The van der Waals surface area contributed by atoms with Gasteiger partial charge in [0.05, 0.1) is 0 Å². The number of carbonyl (C=O) groups is 1. The second kappa shape index (κ2) is 7.91. The summed E-state index contributed by atoms with van der Waals surface area (Å²) >= 11 is 0. The minimum Gasteiger partial charge on any atom is -0.504 e. The van der Waals surface area contributed by atoms with Crippen LogP contribution in [0.3, 0.4) is 0 Å². The van der Waals surface area contributed by atoms with E-state index in [1.165, 1.54) is 28.9 Å². The average Bonchev–Trinajstić information content (AvgIpc) is 2.66. The molecule has 0 bridgehead atoms. The SMILES string of the molecule is Cc1cccc(N2CCN(C(=O)C(C)Cc3ccc(O)c(O)c3)CC2)c1C. The molecule has 1 heterocycles. The molecule has 1 saturated heterocycles. The Morgan fingerprint density at radius 3 is 2.41 bits per heavy atom. The van der Waals surface area contributed by atoms with Crippen molar-refractivity contribution in [3.8, 4) is 11.5 Å². The van der Waals surface area contributed by atoms with Crippen molar-refractivity contribution in [2.45, 2.75) is 27.2 Å². The van der Waals surface area contributed by atoms with Crippen molar-refractivity contribution in [2.75, 3.05) is 31.1 Å². The monoisotopic (exact) mass is 368 g/mol. The van der Waals surface area contributed by atoms with Crippen LogP contribution in [-0.2, 0) is 11.2 Å². The van der Waals surface area contributed by atoms with Crippen LogP contribution in [0.4, 0.5) is 5.69 Å². The molecule has 1 aliphatic heterocycles. The standard InChI is InChI=1S/C22H28N2O3/c1-15-5-4-6-19(17(15)3)23-9-11-24(12-10-23)22(27)16(2)13-18-7-8-20(25)21(26)14-18/h4-8,14,16,25-26H,9-13H2,1-3H3. The van der Waals surface area contributed by atoms with Crippen LogP contribution in [0.5, 0.6) is 11.5 Å². The van der Waals surface area contributed by atoms with Gasteiger partial charge < -0.3 is 20.0 Å². The Hall–Kier alpha value is -2.69. The van der Waals surface area contributed by atoms with E-state index in [0.29, 0.717) is 6.42 Å². The maximum atomic E-state index is 12.8. The highest BCUT2D eigenvalue weighted by atomic mass is 16.3. The zero-order chi connectivity index (χ0) is 19.6. The molecule has 5 nitrogen and oxygen atoms in total. The van der Waals surface area contributed by atoms with Crippen LogP contribution >= 0.6 is 0 Å². The summed E-state index contributed by atoms with van der Waals surface area (Å²) in [6.07, 6.45) is 0.546. The Labute approximate surface area is 160 Å². The number of anilines is 1. The van der Waals surface area contributed by atoms with Gasteiger partial charge in [-0.2, -0.15) is 0 Å². The molecule has 2 aromatic carbocycles. The molecule has 0 aliphatic carbocycles. The number of phenolic OH excluding ortho intramolecular Hbond substituents is 2. The van der Waals surface area contributed by atoms with Crippen molar-refractivity contribution in [3.63, 3.8) is 0 Å². The van der Waals surface area contributed by atoms with Crippen molar-refractivity contribution >= 4 is 11.6 Å². The second-order valence-electron chi connectivity index (χ2n) is 7.46. The highest BCUT2D eigenvalue weighted by Crippen LogP contribution is 2.27. The normalized spacial score (nSPS) is 15.7. The zero-order valence-electron chi connectivity index (χ0n) is 16.3. The predicted octanol–water partition coefficient (Wildman–Crippen LogP) is 3.24. The number of aryl methyl sites for hydroxylation is 1. The molecule has 0 spiro atoms. The molecule has 2 aromatic rings. The molecule has 0 aromatic heterocycles. The Bertz CT molecular complexity index is 826. The summed E-state index contributed by atoms with van der Waals surface area (Å²) in [6.45, 7) is 9.31. The minimum atomic E-state index is -0.166. The Kier molecular flexibility index (Phi) is 5.59. The largest absolute Gasteiger partial charge is 0.504 e. The van der Waals surface area contributed by atoms with E-state index >= 15 is 0 Å². The zero-order valence-corrected chi connectivity index (χ0v) is 16.3. The molecule has 2 N–H and O–H groups in total. The maximum absolute atomic E-state index is 12.8. The fraction of sp³-hybridized carbons (Fsp3) is 0.409. The molecule has 144 valence electrons. The second-order valence-corrected chi connectivity index (χ2v) is 7.46. The summed E-state index contributed by atoms with van der Waals surface area (Å²) < 4.78 is 0. The fourth-order valence-corrected chi connectivity index (χ4v) is 3.69. The smallest absolute Gasteiger partial charge is 0.225 e. The van der Waals surface area contributed by atoms with Gasteiger partial charge in [0.25, 0.3) is 0 Å². The molecule has 0 saturated carbocycles. The number of rotatable bonds is 4. The number of phenols is 2. The van der Waals surface area contributed by atoms with Crippen LogP contribution in [0.25, 0.3) is 0 Å². The fourth-order valence-electron chi connectivity index (χ4n) is 3.69. The maximum Gasteiger partial charge on any atom is 0.225 e. The number of carbonyl (C=O) groups excluding carboxylic acids is 1. The van der Waals surface area contributed by atoms with E-state index in [4.69, 9.17) is 0 Å². The van der Waals surface area contributed by atoms with E-state index in [1.54, 1.807) is 6.07 Å². The number of nitrogens with zero attached hydrogens (tertiary/aromatic N) is 2. The summed E-state index contributed by atoms with van der Waals surface area (Å²) in [5.41, 5.74) is 4.70. The summed E-state index contributed by atoms with van der Waals surface area (Å²) in [7, 11) is 0. The van der Waals surface area contributed by atoms with E-state index in [2.05, 4.69) is 36.9 Å². The number of benzene rings is 2. The molecule has 3 rings (SSSR count). The molecule has 1 amide bonds. The molecule has 1 fully saturated rings. The van der Waals surface area contributed by atoms with E-state index in [-0.39, 0.29) is 23.3 Å². The molecule has 1 atom stereocenters. The van der Waals surface area contributed by atoms with Gasteiger partial charge in [-0.15, -0.1) is 0 Å². The molecule has 27 heavy (non-hydrogen) atoms. The van der Waals surface area contributed by atoms with Gasteiger partial charge >= 0.3 is 0 Å². The first-order valence-corrected chi connectivity index (χ1v) is 9.47. The number of hydrogen-bond acceptors (Lipinski definition) is 4. The number of piperazine rings is 1. The van der Waals surface area contributed by atoms with Crippen molar-refractivity contribution in [3.05, 3.63) is 53.1 Å². The third-order valence-electron chi connectivity index (χ3n) is 5.51. The van der Waals surface area contributed by atoms with Crippen LogP contribution in [0.15, 0.2) is 36.4 Å². The van der Waals surface area contributed by atoms with Gasteiger partial charge in [0.2, 0.25) is 5.91 Å². The average molecular weight is 368 g/mol. The molecule has 1 unspecified atom stereocenters. The number of hydrogen-bond donors (Lipinski definition) is 2. The van der Waals surface area contributed by atoms with Gasteiger partial charge in [0.15, 0.2) is 11.5 Å². The van der Waals surface area contributed by atoms with Crippen LogP contribution < -0.4 is 4.90 Å². The lowest BCUT2D eigenvalue weighted by atomic mass is 9.99. The van der Waals surface area contributed by atoms with Gasteiger partial charge in [-0.3, -0.25) is 4.79 Å². The first-order valence-electron chi connectivity index (χ1n) is 9.47. The minimum absolute atomic E-state index is 0.139. The van der Waals surface area contributed by atoms with Crippen LogP contribution in [0, 0.1) is 19.8 Å². The third-order valence-corrected chi connectivity index (χ3v) is 5.51. The van der Waals surface area contributed by atoms with Gasteiger partial charge in [0.1, 0.15) is 0 Å². The van der Waals surface area contributed by atoms with Crippen LogP contribution in [0.1, 0.15) is 23.6 Å². The molecule has 0 radical (unpaired) electrons. The summed E-state index contributed by atoms with van der Waals surface area (Å²) in [5, 5.41) is 19.0. The van der Waals surface area contributed by atoms with E-state index in [0.717, 1.165) is 31.7 Å². The third kappa shape index (κ3) is 4.18. The van der Waals surface area contributed by atoms with Crippen molar-refractivity contribution in [1.82, 2.24) is 4.90 Å². The van der Waals surface area contributed by atoms with Crippen LogP contribution in [0.2, 0.25) is 0 Å². The molecular weight excluding hydrogens is 340 g/mol. The summed E-state index contributed by atoms with van der Waals surface area (Å²) in [6, 6.07) is 11.1. The first-order chi connectivity index (χ1) is 12.9. The molecule has 1 aliphatic rings. The van der Waals surface area contributed by atoms with Gasteiger partial charge in [-0.05, 0) is 55.2 Å². The summed E-state index contributed by atoms with van der Waals surface area (Å²) in [5.74, 6) is -0.307. The Morgan fingerprint density at radius 1 is 1.04 bits per heavy atom. The predicted molar refractivity (Wildman–Crippen MR) is 107 cm³/mol. The Morgan fingerprint density at radius 2 is 1.74 bits per heavy atom. The lowest BCUT2D eigenvalue weighted by Gasteiger charge is -2.38. The summed E-state index contributed by atoms with van der Waals surface area (Å²) in [4.78, 5) is 17.1. The van der Waals surface area contributed by atoms with Crippen molar-refractivity contribution in [1.29, 1.82) is 0 Å². The quantitative estimate of drug-likeness (QED) is 0.813. The van der Waals surface area contributed by atoms with E-state index < -0.39 is 0 Å². The first kappa shape index (κ1) is 19.1. The van der Waals surface area contributed by atoms with E-state index in [1.807, 2.05) is 11.8 Å². The molecular formula is C22H28N2O3. The number of aromatic hydroxyl groups is 2. The van der Waals surface area contributed by atoms with Gasteiger partial charge in [-0.1, -0.05) is 25.1 Å². The number of amides is 1. The highest BCUT2D eigenvalue weighted by molar-refractivity contribution is 5.79. The van der Waals surface area contributed by atoms with Crippen molar-refractivity contribution < 1.29 is 15.0 Å². The molecule has 5 heteroatoms. The van der Waals surface area contributed by atoms with Crippen molar-refractivity contribution in [2.24, 2.45) is 5.92 Å². The lowest BCUT2D eigenvalue weighted by molar-refractivity contribution is -0.135. The lowest BCUT2D eigenvalue weighted by Crippen LogP contribution is -2.50. The highest BCUT2D eigenvalue weighted by Gasteiger charge is 2.26. The van der Waals surface area contributed by atoms with Crippen LogP contribution in [-0.4, -0.2) is 47.2 Å². The Balaban J connectivity index is 1.59. The topological polar surface area (TPSA) is 64.0 Å².